The Hall–Kier alpha value is -2.48. The fourth-order valence-corrected chi connectivity index (χ4v) is 1.75. The Balaban J connectivity index is 1.98. The van der Waals surface area contributed by atoms with Gasteiger partial charge in [0, 0.05) is 18.8 Å². The molecule has 7 nitrogen and oxygen atoms in total. The quantitative estimate of drug-likeness (QED) is 0.707. The van der Waals surface area contributed by atoms with E-state index in [9.17, 15) is 9.18 Å². The number of carboxylic acid groups (broad SMARTS) is 1. The van der Waals surface area contributed by atoms with Crippen molar-refractivity contribution in [3.8, 4) is 0 Å². The van der Waals surface area contributed by atoms with Crippen molar-refractivity contribution < 1.29 is 19.4 Å². The number of carbonyl (C=O) groups is 1. The van der Waals surface area contributed by atoms with Crippen LogP contribution in [-0.2, 0) is 13.1 Å². The molecule has 0 radical (unpaired) electrons. The number of anilines is 1. The van der Waals surface area contributed by atoms with E-state index in [4.69, 9.17) is 10.2 Å². The average molecular weight is 294 g/mol. The van der Waals surface area contributed by atoms with E-state index in [0.717, 1.165) is 6.07 Å². The van der Waals surface area contributed by atoms with Crippen LogP contribution < -0.4 is 5.32 Å². The molecule has 0 saturated carbocycles. The highest BCUT2D eigenvalue weighted by molar-refractivity contribution is 5.89. The monoisotopic (exact) mass is 294 g/mol. The number of aliphatic hydroxyl groups is 1. The standard InChI is InChI=1S/C13H15FN4O3/c14-12-3-2-9(6-11(12)13(20)21)15-7-10-8-18(17-16-10)4-1-5-19/h2-3,6,8,15,19H,1,4-5,7H2,(H,20,21). The van der Waals surface area contributed by atoms with Crippen molar-refractivity contribution in [3.05, 3.63) is 41.5 Å². The number of hydrogen-bond acceptors (Lipinski definition) is 5. The number of hydrogen-bond donors (Lipinski definition) is 3. The molecule has 8 heteroatoms. The van der Waals surface area contributed by atoms with Crippen LogP contribution in [-0.4, -0.2) is 37.8 Å². The number of rotatable bonds is 7. The zero-order chi connectivity index (χ0) is 15.2. The molecule has 21 heavy (non-hydrogen) atoms. The molecule has 0 fully saturated rings. The van der Waals surface area contributed by atoms with Crippen molar-refractivity contribution in [2.75, 3.05) is 11.9 Å². The highest BCUT2D eigenvalue weighted by Crippen LogP contribution is 2.15. The van der Waals surface area contributed by atoms with Gasteiger partial charge in [0.2, 0.25) is 0 Å². The van der Waals surface area contributed by atoms with Gasteiger partial charge < -0.3 is 15.5 Å². The summed E-state index contributed by atoms with van der Waals surface area (Å²) in [6.45, 7) is 0.994. The zero-order valence-electron chi connectivity index (χ0n) is 11.2. The predicted molar refractivity (Wildman–Crippen MR) is 72.4 cm³/mol. The van der Waals surface area contributed by atoms with Crippen LogP contribution in [0.25, 0.3) is 0 Å². The number of aromatic nitrogens is 3. The van der Waals surface area contributed by atoms with E-state index in [2.05, 4.69) is 15.6 Å². The summed E-state index contributed by atoms with van der Waals surface area (Å²) < 4.78 is 14.9. The lowest BCUT2D eigenvalue weighted by Gasteiger charge is -2.05. The molecule has 0 aliphatic heterocycles. The van der Waals surface area contributed by atoms with Crippen LogP contribution in [0, 0.1) is 5.82 Å². The van der Waals surface area contributed by atoms with Crippen molar-refractivity contribution in [1.82, 2.24) is 15.0 Å². The lowest BCUT2D eigenvalue weighted by Crippen LogP contribution is -2.04. The van der Waals surface area contributed by atoms with Crippen LogP contribution in [0.5, 0.6) is 0 Å². The molecule has 1 heterocycles. The van der Waals surface area contributed by atoms with E-state index in [1.165, 1.54) is 12.1 Å². The maximum Gasteiger partial charge on any atom is 0.338 e. The van der Waals surface area contributed by atoms with Crippen molar-refractivity contribution >= 4 is 11.7 Å². The largest absolute Gasteiger partial charge is 0.478 e. The Labute approximate surface area is 120 Å². The van der Waals surface area contributed by atoms with E-state index in [1.54, 1.807) is 10.9 Å². The molecule has 0 aliphatic rings. The van der Waals surface area contributed by atoms with Crippen molar-refractivity contribution in [3.63, 3.8) is 0 Å². The molecule has 0 saturated heterocycles. The first kappa shape index (κ1) is 14.9. The van der Waals surface area contributed by atoms with Crippen LogP contribution in [0.15, 0.2) is 24.4 Å². The second-order valence-corrected chi connectivity index (χ2v) is 4.40. The molecule has 112 valence electrons. The molecule has 0 aliphatic carbocycles. The number of nitrogens with zero attached hydrogens (tertiary/aromatic N) is 3. The summed E-state index contributed by atoms with van der Waals surface area (Å²) in [5.41, 5.74) is 0.763. The summed E-state index contributed by atoms with van der Waals surface area (Å²) >= 11 is 0. The molecule has 2 aromatic rings. The van der Waals surface area contributed by atoms with E-state index < -0.39 is 11.8 Å². The summed E-state index contributed by atoms with van der Waals surface area (Å²) in [6, 6.07) is 3.79. The van der Waals surface area contributed by atoms with Crippen LogP contribution in [0.4, 0.5) is 10.1 Å². The molecule has 3 N–H and O–H groups in total. The maximum absolute atomic E-state index is 13.3. The average Bonchev–Trinajstić information content (AvgIpc) is 2.92. The van der Waals surface area contributed by atoms with Gasteiger partial charge in [0.05, 0.1) is 18.3 Å². The Morgan fingerprint density at radius 1 is 1.43 bits per heavy atom. The molecule has 0 amide bonds. The van der Waals surface area contributed by atoms with Crippen molar-refractivity contribution in [1.29, 1.82) is 0 Å². The van der Waals surface area contributed by atoms with Gasteiger partial charge in [0.25, 0.3) is 0 Å². The van der Waals surface area contributed by atoms with Crippen LogP contribution in [0.2, 0.25) is 0 Å². The zero-order valence-corrected chi connectivity index (χ0v) is 11.2. The minimum atomic E-state index is -1.31. The molecule has 0 bridgehead atoms. The summed E-state index contributed by atoms with van der Waals surface area (Å²) in [5, 5.41) is 28.4. The van der Waals surface area contributed by atoms with Gasteiger partial charge in [-0.2, -0.15) is 0 Å². The highest BCUT2D eigenvalue weighted by atomic mass is 19.1. The first-order valence-electron chi connectivity index (χ1n) is 6.36. The van der Waals surface area contributed by atoms with Gasteiger partial charge in [0.1, 0.15) is 11.5 Å². The Bertz CT molecular complexity index is 630. The van der Waals surface area contributed by atoms with Gasteiger partial charge >= 0.3 is 5.97 Å². The van der Waals surface area contributed by atoms with E-state index in [0.29, 0.717) is 30.9 Å². The molecule has 0 atom stereocenters. The second-order valence-electron chi connectivity index (χ2n) is 4.40. The summed E-state index contributed by atoms with van der Waals surface area (Å²) in [5.74, 6) is -2.09. The van der Waals surface area contributed by atoms with E-state index in [1.807, 2.05) is 0 Å². The first-order chi connectivity index (χ1) is 10.1. The Morgan fingerprint density at radius 3 is 2.95 bits per heavy atom. The minimum Gasteiger partial charge on any atom is -0.478 e. The van der Waals surface area contributed by atoms with E-state index in [-0.39, 0.29) is 12.2 Å². The summed E-state index contributed by atoms with van der Waals surface area (Å²) in [4.78, 5) is 10.8. The van der Waals surface area contributed by atoms with Crippen molar-refractivity contribution in [2.45, 2.75) is 19.5 Å². The molecule has 1 aromatic carbocycles. The number of benzene rings is 1. The van der Waals surface area contributed by atoms with E-state index >= 15 is 0 Å². The Kier molecular flexibility index (Phi) is 4.83. The summed E-state index contributed by atoms with van der Waals surface area (Å²) in [7, 11) is 0. The molecule has 0 unspecified atom stereocenters. The smallest absolute Gasteiger partial charge is 0.338 e. The Morgan fingerprint density at radius 2 is 2.24 bits per heavy atom. The van der Waals surface area contributed by atoms with Gasteiger partial charge in [-0.25, -0.2) is 9.18 Å². The van der Waals surface area contributed by atoms with Crippen LogP contribution in [0.3, 0.4) is 0 Å². The third kappa shape index (κ3) is 3.99. The fraction of sp³-hybridized carbons (Fsp3) is 0.308. The maximum atomic E-state index is 13.3. The van der Waals surface area contributed by atoms with Gasteiger partial charge in [-0.15, -0.1) is 5.10 Å². The van der Waals surface area contributed by atoms with Gasteiger partial charge in [0.15, 0.2) is 0 Å². The normalized spacial score (nSPS) is 10.6. The first-order valence-corrected chi connectivity index (χ1v) is 6.36. The van der Waals surface area contributed by atoms with Crippen LogP contribution in [0.1, 0.15) is 22.5 Å². The third-order valence-electron chi connectivity index (χ3n) is 2.80. The fourth-order valence-electron chi connectivity index (χ4n) is 1.75. The van der Waals surface area contributed by atoms with Crippen molar-refractivity contribution in [2.24, 2.45) is 0 Å². The topological polar surface area (TPSA) is 100 Å². The molecule has 2 rings (SSSR count). The minimum absolute atomic E-state index is 0.0843. The number of aryl methyl sites for hydroxylation is 1. The number of aliphatic hydroxyl groups excluding tert-OH is 1. The predicted octanol–water partition coefficient (Wildman–Crippen LogP) is 1.11. The number of aromatic carboxylic acids is 1. The molecular formula is C13H15FN4O3. The van der Waals surface area contributed by atoms with Crippen LogP contribution >= 0.6 is 0 Å². The lowest BCUT2D eigenvalue weighted by atomic mass is 10.2. The van der Waals surface area contributed by atoms with Gasteiger partial charge in [-0.1, -0.05) is 5.21 Å². The highest BCUT2D eigenvalue weighted by Gasteiger charge is 2.10. The summed E-state index contributed by atoms with van der Waals surface area (Å²) in [6.07, 6.45) is 2.32. The number of halogens is 1. The third-order valence-corrected chi connectivity index (χ3v) is 2.80. The number of carboxylic acids is 1. The molecule has 1 aromatic heterocycles. The molecule has 0 spiro atoms. The van der Waals surface area contributed by atoms with Gasteiger partial charge in [-0.05, 0) is 24.6 Å². The van der Waals surface area contributed by atoms with Gasteiger partial charge in [-0.3, -0.25) is 4.68 Å². The SMILES string of the molecule is O=C(O)c1cc(NCc2cn(CCCO)nn2)ccc1F. The lowest BCUT2D eigenvalue weighted by molar-refractivity contribution is 0.0692. The number of nitrogens with one attached hydrogen (secondary N) is 1. The second kappa shape index (κ2) is 6.80. The molecular weight excluding hydrogens is 279 g/mol.